The van der Waals surface area contributed by atoms with E-state index in [-0.39, 0.29) is 5.41 Å². The molecular weight excluding hydrogens is 805 g/mol. The van der Waals surface area contributed by atoms with Crippen LogP contribution < -0.4 is 19.1 Å². The molecule has 6 heteroatoms. The van der Waals surface area contributed by atoms with Crippen LogP contribution in [0.1, 0.15) is 137 Å². The summed E-state index contributed by atoms with van der Waals surface area (Å²) in [4.78, 5) is 25.0. The summed E-state index contributed by atoms with van der Waals surface area (Å²) in [5.41, 5.74) is 7.03. The molecule has 65 heavy (non-hydrogen) atoms. The van der Waals surface area contributed by atoms with Gasteiger partial charge in [0.05, 0.1) is 13.2 Å². The van der Waals surface area contributed by atoms with Gasteiger partial charge < -0.3 is 19.1 Å². The van der Waals surface area contributed by atoms with E-state index >= 15 is 0 Å². The molecule has 2 aliphatic carbocycles. The maximum Gasteiger partial charge on any atom is 0.336 e. The predicted octanol–water partition coefficient (Wildman–Crippen LogP) is 15.3. The average Bonchev–Trinajstić information content (AvgIpc) is 3.90. The molecule has 1 unspecified atom stereocenters. The summed E-state index contributed by atoms with van der Waals surface area (Å²) < 4.78 is 18.4. The molecule has 6 nitrogen and oxygen atoms in total. The Morgan fingerprint density at radius 3 is 1.65 bits per heavy atom. The molecule has 0 aromatic heterocycles. The highest BCUT2D eigenvalue weighted by atomic mass is 17.2. The zero-order valence-corrected chi connectivity index (χ0v) is 38.6. The third-order valence-electron chi connectivity index (χ3n) is 13.4. The molecule has 1 atom stereocenters. The van der Waals surface area contributed by atoms with Gasteiger partial charge in [-0.25, -0.2) is 4.79 Å². The van der Waals surface area contributed by atoms with Crippen molar-refractivity contribution in [2.24, 2.45) is 0 Å². The van der Waals surface area contributed by atoms with Crippen molar-refractivity contribution in [1.82, 2.24) is 0 Å². The number of unbranched alkanes of at least 4 members (excludes halogenated alkanes) is 10. The highest BCUT2D eigenvalue weighted by Gasteiger charge is 2.45. The number of benzene rings is 6. The van der Waals surface area contributed by atoms with E-state index in [1.54, 1.807) is 0 Å². The van der Waals surface area contributed by atoms with Crippen LogP contribution in [0, 0.1) is 0 Å². The van der Waals surface area contributed by atoms with Crippen LogP contribution in [0.15, 0.2) is 121 Å². The Bertz CT molecular complexity index is 2580. The second kappa shape index (κ2) is 22.9. The molecule has 0 saturated carbocycles. The molecule has 338 valence electrons. The molecule has 0 saturated heterocycles. The summed E-state index contributed by atoms with van der Waals surface area (Å²) in [6, 6.07) is 37.3. The van der Waals surface area contributed by atoms with E-state index < -0.39 is 5.97 Å². The van der Waals surface area contributed by atoms with Crippen LogP contribution in [-0.4, -0.2) is 25.8 Å². The van der Waals surface area contributed by atoms with Crippen LogP contribution in [0.4, 0.5) is 0 Å². The van der Waals surface area contributed by atoms with Crippen LogP contribution in [-0.2, 0) is 27.9 Å². The van der Waals surface area contributed by atoms with Crippen molar-refractivity contribution in [1.29, 1.82) is 0 Å². The third-order valence-corrected chi connectivity index (χ3v) is 13.4. The summed E-state index contributed by atoms with van der Waals surface area (Å²) in [5.74, 6) is 2.65. The fourth-order valence-corrected chi connectivity index (χ4v) is 9.94. The van der Waals surface area contributed by atoms with Gasteiger partial charge in [-0.15, -0.1) is 0 Å². The monoisotopic (exact) mass is 870 g/mol. The Labute approximate surface area is 386 Å². The summed E-state index contributed by atoms with van der Waals surface area (Å²) in [6.07, 6.45) is 26.2. The Balaban J connectivity index is 0.867. The van der Waals surface area contributed by atoms with Crippen molar-refractivity contribution in [3.63, 3.8) is 0 Å². The summed E-state index contributed by atoms with van der Waals surface area (Å²) >= 11 is 0. The van der Waals surface area contributed by atoms with E-state index in [0.717, 1.165) is 89.3 Å². The lowest BCUT2D eigenvalue weighted by molar-refractivity contribution is -0.195. The second-order valence-corrected chi connectivity index (χ2v) is 17.9. The number of rotatable bonds is 24. The van der Waals surface area contributed by atoms with Crippen LogP contribution in [0.3, 0.4) is 0 Å². The van der Waals surface area contributed by atoms with E-state index in [2.05, 4.69) is 92.7 Å². The van der Waals surface area contributed by atoms with Crippen molar-refractivity contribution in [2.75, 3.05) is 19.8 Å². The molecule has 0 amide bonds. The zero-order valence-electron chi connectivity index (χ0n) is 38.6. The first kappa shape index (κ1) is 45.7. The van der Waals surface area contributed by atoms with Crippen molar-refractivity contribution >= 4 is 39.7 Å². The van der Waals surface area contributed by atoms with Gasteiger partial charge in [-0.2, -0.15) is 4.89 Å². The van der Waals surface area contributed by atoms with E-state index in [0.29, 0.717) is 24.7 Å². The molecule has 1 spiro atoms. The Morgan fingerprint density at radius 2 is 1.06 bits per heavy atom. The average molecular weight is 871 g/mol. The van der Waals surface area contributed by atoms with E-state index in [1.807, 2.05) is 48.6 Å². The van der Waals surface area contributed by atoms with Gasteiger partial charge in [0, 0.05) is 22.3 Å². The minimum atomic E-state index is -0.406. The SMILES string of the molecule is CCCCCCCCOc1ccc(C=CCOOc2ccc3c(c2)C2(CC3)CCc3ccc(OC(=O)C=Cc4ccc(OCCCCCCCC)c5ccccc45)cc32)c2ccccc12. The lowest BCUT2D eigenvalue weighted by Gasteiger charge is -2.27. The molecule has 0 fully saturated rings. The molecule has 2 aliphatic rings. The van der Waals surface area contributed by atoms with Crippen LogP contribution in [0.2, 0.25) is 0 Å². The molecule has 6 aromatic carbocycles. The molecule has 0 radical (unpaired) electrons. The number of carbonyl (C=O) groups excluding carboxylic acids is 1. The van der Waals surface area contributed by atoms with Crippen LogP contribution in [0.25, 0.3) is 33.7 Å². The van der Waals surface area contributed by atoms with Gasteiger partial charge in [0.1, 0.15) is 23.9 Å². The summed E-state index contributed by atoms with van der Waals surface area (Å²) in [7, 11) is 0. The zero-order chi connectivity index (χ0) is 44.7. The molecule has 0 aliphatic heterocycles. The summed E-state index contributed by atoms with van der Waals surface area (Å²) in [6.45, 7) is 6.24. The fraction of sp³-hybridized carbons (Fsp3) is 0.373. The second-order valence-electron chi connectivity index (χ2n) is 17.9. The quantitative estimate of drug-likeness (QED) is 0.0151. The first-order valence-electron chi connectivity index (χ1n) is 24.5. The number of hydrogen-bond acceptors (Lipinski definition) is 6. The summed E-state index contributed by atoms with van der Waals surface area (Å²) in [5, 5.41) is 4.36. The highest BCUT2D eigenvalue weighted by molar-refractivity contribution is 5.98. The number of fused-ring (bicyclic) bond motifs is 6. The topological polar surface area (TPSA) is 63.2 Å². The largest absolute Gasteiger partial charge is 0.493 e. The number of carbonyl (C=O) groups is 1. The number of esters is 1. The van der Waals surface area contributed by atoms with E-state index in [9.17, 15) is 4.79 Å². The first-order valence-corrected chi connectivity index (χ1v) is 24.5. The third kappa shape index (κ3) is 11.3. The van der Waals surface area contributed by atoms with Gasteiger partial charge in [0.15, 0.2) is 5.75 Å². The van der Waals surface area contributed by atoms with Gasteiger partial charge in [0.2, 0.25) is 0 Å². The van der Waals surface area contributed by atoms with E-state index in [4.69, 9.17) is 24.0 Å². The Hall–Kier alpha value is -5.85. The fourth-order valence-electron chi connectivity index (χ4n) is 9.94. The van der Waals surface area contributed by atoms with Gasteiger partial charge in [-0.1, -0.05) is 163 Å². The predicted molar refractivity (Wildman–Crippen MR) is 266 cm³/mol. The molecule has 0 heterocycles. The number of hydrogen-bond donors (Lipinski definition) is 0. The number of ether oxygens (including phenoxy) is 3. The number of aryl methyl sites for hydroxylation is 2. The van der Waals surface area contributed by atoms with Gasteiger partial charge in [-0.05, 0) is 125 Å². The van der Waals surface area contributed by atoms with Crippen molar-refractivity contribution in [3.05, 3.63) is 155 Å². The Kier molecular flexibility index (Phi) is 16.1. The highest BCUT2D eigenvalue weighted by Crippen LogP contribution is 2.53. The van der Waals surface area contributed by atoms with Crippen molar-refractivity contribution in [2.45, 2.75) is 122 Å². The molecule has 0 N–H and O–H groups in total. The van der Waals surface area contributed by atoms with Gasteiger partial charge >= 0.3 is 5.97 Å². The Morgan fingerprint density at radius 1 is 0.554 bits per heavy atom. The lowest BCUT2D eigenvalue weighted by Crippen LogP contribution is -2.21. The maximum absolute atomic E-state index is 13.3. The minimum Gasteiger partial charge on any atom is -0.493 e. The maximum atomic E-state index is 13.3. The molecule has 8 rings (SSSR count). The van der Waals surface area contributed by atoms with Crippen LogP contribution >= 0.6 is 0 Å². The smallest absolute Gasteiger partial charge is 0.336 e. The van der Waals surface area contributed by atoms with Gasteiger partial charge in [-0.3, -0.25) is 0 Å². The molecule has 0 bridgehead atoms. The first-order chi connectivity index (χ1) is 32.1. The lowest BCUT2D eigenvalue weighted by atomic mass is 9.76. The minimum absolute atomic E-state index is 0.161. The van der Waals surface area contributed by atoms with E-state index in [1.165, 1.54) is 92.5 Å². The van der Waals surface area contributed by atoms with Crippen molar-refractivity contribution in [3.8, 4) is 23.0 Å². The normalized spacial score (nSPS) is 15.4. The molecular formula is C59H66O6. The van der Waals surface area contributed by atoms with Crippen LogP contribution in [0.5, 0.6) is 23.0 Å². The standard InChI is InChI=1S/C59H66O6/c1-3-5-7-9-11-17-39-61-56-32-27-44(50-21-13-15-23-52(50)56)20-19-41-63-65-49-31-26-47-36-38-59(55(47)43-49)37-35-46-25-30-48(42-54(46)59)64-58(60)34-29-45-28-33-57(53-24-16-14-22-51(45)53)62-40-18-12-10-8-6-4-2/h13-16,19-34,42-43H,3-12,17-18,35-41H2,1-2H3. The van der Waals surface area contributed by atoms with Crippen molar-refractivity contribution < 1.29 is 28.8 Å². The van der Waals surface area contributed by atoms with Gasteiger partial charge in [0.25, 0.3) is 0 Å². The molecule has 6 aromatic rings.